The van der Waals surface area contributed by atoms with Gasteiger partial charge in [-0.3, -0.25) is 0 Å². The van der Waals surface area contributed by atoms with Gasteiger partial charge in [0.25, 0.3) is 5.82 Å². The van der Waals surface area contributed by atoms with Gasteiger partial charge in [-0.05, 0) is 32.1 Å². The third-order valence-corrected chi connectivity index (χ3v) is 5.35. The Morgan fingerprint density at radius 3 is 1.92 bits per heavy atom. The minimum absolute atomic E-state index is 1.21. The maximum Gasteiger partial charge on any atom is 0.256 e. The summed E-state index contributed by atoms with van der Waals surface area (Å²) in [5, 5.41) is 0. The largest absolute Gasteiger partial charge is 0.256 e. The third-order valence-electron chi connectivity index (χ3n) is 5.35. The van der Waals surface area contributed by atoms with Gasteiger partial charge in [0, 0.05) is 6.42 Å². The lowest BCUT2D eigenvalue weighted by Crippen LogP contribution is -2.37. The molecule has 0 atom stereocenters. The summed E-state index contributed by atoms with van der Waals surface area (Å²) in [6, 6.07) is 0. The van der Waals surface area contributed by atoms with Crippen molar-refractivity contribution in [1.82, 2.24) is 4.57 Å². The molecule has 0 saturated carbocycles. The normalized spacial score (nSPS) is 11.3. The average Bonchev–Trinajstić information content (AvgIpc) is 3.00. The second kappa shape index (κ2) is 15.5. The van der Waals surface area contributed by atoms with Crippen LogP contribution in [0.15, 0.2) is 12.4 Å². The molecule has 0 aliphatic carbocycles. The number of hydrogen-bond acceptors (Lipinski definition) is 0. The second-order valence-corrected chi connectivity index (χ2v) is 7.74. The first-order valence-corrected chi connectivity index (χ1v) is 11.4. The van der Waals surface area contributed by atoms with Crippen LogP contribution in [0.1, 0.15) is 116 Å². The summed E-state index contributed by atoms with van der Waals surface area (Å²) in [4.78, 5) is 0. The lowest BCUT2D eigenvalue weighted by atomic mass is 10.1. The molecule has 0 aliphatic heterocycles. The molecule has 0 N–H and O–H groups in total. The maximum absolute atomic E-state index is 2.56. The number of imidazole rings is 1. The van der Waals surface area contributed by atoms with Crippen LogP contribution in [-0.4, -0.2) is 4.57 Å². The van der Waals surface area contributed by atoms with Gasteiger partial charge in [0.15, 0.2) is 0 Å². The topological polar surface area (TPSA) is 8.81 Å². The quantitative estimate of drug-likeness (QED) is 0.215. The van der Waals surface area contributed by atoms with Gasteiger partial charge in [-0.25, -0.2) is 9.13 Å². The van der Waals surface area contributed by atoms with Gasteiger partial charge in [-0.2, -0.15) is 0 Å². The van der Waals surface area contributed by atoms with E-state index in [9.17, 15) is 0 Å². The van der Waals surface area contributed by atoms with E-state index >= 15 is 0 Å². The summed E-state index contributed by atoms with van der Waals surface area (Å²) in [6.45, 7) is 9.32. The van der Waals surface area contributed by atoms with Gasteiger partial charge >= 0.3 is 0 Å². The fourth-order valence-corrected chi connectivity index (χ4v) is 3.67. The molecule has 0 saturated heterocycles. The zero-order valence-electron chi connectivity index (χ0n) is 17.6. The van der Waals surface area contributed by atoms with Gasteiger partial charge < -0.3 is 0 Å². The molecular formula is C23H45N2+. The molecule has 0 unspecified atom stereocenters. The Labute approximate surface area is 158 Å². The first-order chi connectivity index (χ1) is 12.3. The fourth-order valence-electron chi connectivity index (χ4n) is 3.67. The van der Waals surface area contributed by atoms with Crippen LogP contribution in [0.4, 0.5) is 0 Å². The Morgan fingerprint density at radius 1 is 0.680 bits per heavy atom. The van der Waals surface area contributed by atoms with Gasteiger partial charge in [0.2, 0.25) is 0 Å². The zero-order valence-corrected chi connectivity index (χ0v) is 17.6. The smallest absolute Gasteiger partial charge is 0.234 e. The highest BCUT2D eigenvalue weighted by molar-refractivity contribution is 4.84. The van der Waals surface area contributed by atoms with Crippen molar-refractivity contribution < 1.29 is 4.57 Å². The molecule has 0 amide bonds. The van der Waals surface area contributed by atoms with E-state index in [1.54, 1.807) is 5.82 Å². The summed E-state index contributed by atoms with van der Waals surface area (Å²) in [6.07, 6.45) is 25.2. The predicted molar refractivity (Wildman–Crippen MR) is 110 cm³/mol. The molecule has 1 aromatic heterocycles. The van der Waals surface area contributed by atoms with Crippen molar-refractivity contribution >= 4 is 0 Å². The minimum Gasteiger partial charge on any atom is -0.234 e. The van der Waals surface area contributed by atoms with Crippen LogP contribution in [0.2, 0.25) is 0 Å². The van der Waals surface area contributed by atoms with Crippen molar-refractivity contribution in [2.75, 3.05) is 0 Å². The Bertz CT molecular complexity index is 408. The minimum atomic E-state index is 1.21. The molecule has 1 rings (SSSR count). The predicted octanol–water partition coefficient (Wildman–Crippen LogP) is 6.84. The Balaban J connectivity index is 2.42. The monoisotopic (exact) mass is 349 g/mol. The molecule has 0 aliphatic rings. The van der Waals surface area contributed by atoms with Gasteiger partial charge in [0.05, 0.1) is 13.1 Å². The highest BCUT2D eigenvalue weighted by atomic mass is 15.1. The molecule has 0 fully saturated rings. The Hall–Kier alpha value is -0.790. The molecule has 2 nitrogen and oxygen atoms in total. The van der Waals surface area contributed by atoms with Crippen LogP contribution in [0.3, 0.4) is 0 Å². The fraction of sp³-hybridized carbons (Fsp3) is 0.870. The number of hydrogen-bond donors (Lipinski definition) is 0. The van der Waals surface area contributed by atoms with E-state index in [2.05, 4.69) is 42.3 Å². The van der Waals surface area contributed by atoms with E-state index in [1.807, 2.05) is 0 Å². The molecule has 146 valence electrons. The van der Waals surface area contributed by atoms with Gasteiger partial charge in [-0.15, -0.1) is 0 Å². The lowest BCUT2D eigenvalue weighted by Gasteiger charge is -2.06. The van der Waals surface area contributed by atoms with Crippen molar-refractivity contribution in [3.8, 4) is 0 Å². The van der Waals surface area contributed by atoms with Gasteiger partial charge in [0.1, 0.15) is 12.4 Å². The molecule has 0 spiro atoms. The van der Waals surface area contributed by atoms with Crippen molar-refractivity contribution in [2.45, 2.75) is 130 Å². The first-order valence-electron chi connectivity index (χ1n) is 11.4. The summed E-state index contributed by atoms with van der Waals surface area (Å²) < 4.78 is 5.11. The summed E-state index contributed by atoms with van der Waals surface area (Å²) in [7, 11) is 0. The summed E-state index contributed by atoms with van der Waals surface area (Å²) >= 11 is 0. The first kappa shape index (κ1) is 22.3. The van der Waals surface area contributed by atoms with Crippen LogP contribution < -0.4 is 4.57 Å². The van der Waals surface area contributed by atoms with Crippen molar-refractivity contribution in [1.29, 1.82) is 0 Å². The number of rotatable bonds is 17. The number of unbranched alkanes of at least 4 members (excludes halogenated alkanes) is 11. The lowest BCUT2D eigenvalue weighted by molar-refractivity contribution is -0.704. The third kappa shape index (κ3) is 10.1. The SMILES string of the molecule is CCCCCCCCC[n+]1ccn(CCCCCC)c1CCCCC. The molecule has 2 heteroatoms. The van der Waals surface area contributed by atoms with E-state index < -0.39 is 0 Å². The van der Waals surface area contributed by atoms with Crippen LogP contribution in [0, 0.1) is 0 Å². The van der Waals surface area contributed by atoms with Crippen LogP contribution >= 0.6 is 0 Å². The van der Waals surface area contributed by atoms with Crippen molar-refractivity contribution in [3.63, 3.8) is 0 Å². The molecule has 0 radical (unpaired) electrons. The molecule has 0 aromatic carbocycles. The van der Waals surface area contributed by atoms with E-state index in [0.717, 1.165) is 0 Å². The van der Waals surface area contributed by atoms with E-state index in [1.165, 1.54) is 109 Å². The van der Waals surface area contributed by atoms with E-state index in [-0.39, 0.29) is 0 Å². The van der Waals surface area contributed by atoms with Crippen LogP contribution in [0.5, 0.6) is 0 Å². The Kier molecular flexibility index (Phi) is 13.8. The maximum atomic E-state index is 2.56. The number of nitrogens with zero attached hydrogens (tertiary/aromatic N) is 2. The molecule has 0 bridgehead atoms. The average molecular weight is 350 g/mol. The Morgan fingerprint density at radius 2 is 1.24 bits per heavy atom. The van der Waals surface area contributed by atoms with Crippen LogP contribution in [-0.2, 0) is 19.5 Å². The number of aromatic nitrogens is 2. The standard InChI is InChI=1S/C23H45N2/c1-4-7-10-12-13-14-17-20-25-22-21-24(19-16-11-8-5-2)23(25)18-15-9-6-3/h21-22H,4-20H2,1-3H3/q+1. The summed E-state index contributed by atoms with van der Waals surface area (Å²) in [5.41, 5.74) is 0. The van der Waals surface area contributed by atoms with Gasteiger partial charge in [-0.1, -0.05) is 78.6 Å². The highest BCUT2D eigenvalue weighted by Crippen LogP contribution is 2.10. The van der Waals surface area contributed by atoms with E-state index in [4.69, 9.17) is 0 Å². The molecule has 25 heavy (non-hydrogen) atoms. The second-order valence-electron chi connectivity index (χ2n) is 7.74. The highest BCUT2D eigenvalue weighted by Gasteiger charge is 2.16. The van der Waals surface area contributed by atoms with Crippen molar-refractivity contribution in [2.24, 2.45) is 0 Å². The molecule has 1 aromatic rings. The van der Waals surface area contributed by atoms with Crippen molar-refractivity contribution in [3.05, 3.63) is 18.2 Å². The number of aryl methyl sites for hydroxylation is 2. The van der Waals surface area contributed by atoms with Crippen LogP contribution in [0.25, 0.3) is 0 Å². The summed E-state index contributed by atoms with van der Waals surface area (Å²) in [5.74, 6) is 1.58. The molecular weight excluding hydrogens is 304 g/mol. The molecule has 1 heterocycles. The zero-order chi connectivity index (χ0) is 18.2. The van der Waals surface area contributed by atoms with E-state index in [0.29, 0.717) is 0 Å².